The molecule has 0 spiro atoms. The molecule has 0 atom stereocenters. The second-order valence-corrected chi connectivity index (χ2v) is 5.28. The topological polar surface area (TPSA) is 42.7 Å². The van der Waals surface area contributed by atoms with E-state index in [4.69, 9.17) is 9.15 Å². The second kappa shape index (κ2) is 6.16. The number of methoxy groups -OCH3 is 1. The van der Waals surface area contributed by atoms with E-state index in [9.17, 15) is 4.79 Å². The number of para-hydroxylation sites is 1. The maximum absolute atomic E-state index is 13.1. The molecule has 118 valence electrons. The Morgan fingerprint density at radius 1 is 1.17 bits per heavy atom. The fraction of sp³-hybridized carbons (Fsp3) is 0.211. The van der Waals surface area contributed by atoms with Crippen LogP contribution in [-0.4, -0.2) is 19.6 Å². The summed E-state index contributed by atoms with van der Waals surface area (Å²) < 4.78 is 11.0. The molecule has 0 aliphatic carbocycles. The van der Waals surface area contributed by atoms with E-state index in [0.29, 0.717) is 29.2 Å². The van der Waals surface area contributed by atoms with Crippen LogP contribution in [0.25, 0.3) is 11.0 Å². The molecule has 4 heteroatoms. The first-order valence-corrected chi connectivity index (χ1v) is 7.59. The van der Waals surface area contributed by atoms with Crippen LogP contribution in [-0.2, 0) is 0 Å². The highest BCUT2D eigenvalue weighted by Gasteiger charge is 2.24. The van der Waals surface area contributed by atoms with Gasteiger partial charge in [-0.25, -0.2) is 0 Å². The van der Waals surface area contributed by atoms with E-state index in [1.165, 1.54) is 0 Å². The molecule has 1 heterocycles. The number of benzene rings is 2. The van der Waals surface area contributed by atoms with E-state index in [1.807, 2.05) is 62.4 Å². The Morgan fingerprint density at radius 3 is 2.57 bits per heavy atom. The number of carbonyl (C=O) groups is 1. The van der Waals surface area contributed by atoms with Crippen LogP contribution in [0.3, 0.4) is 0 Å². The molecule has 3 rings (SSSR count). The van der Waals surface area contributed by atoms with Gasteiger partial charge in [0.25, 0.3) is 5.91 Å². The average molecular weight is 309 g/mol. The molecule has 0 aliphatic heterocycles. The lowest BCUT2D eigenvalue weighted by Crippen LogP contribution is -2.30. The van der Waals surface area contributed by atoms with Crippen molar-refractivity contribution in [3.63, 3.8) is 0 Å². The molecule has 0 saturated heterocycles. The van der Waals surface area contributed by atoms with Crippen LogP contribution in [0.4, 0.5) is 5.69 Å². The van der Waals surface area contributed by atoms with E-state index >= 15 is 0 Å². The number of anilines is 1. The SMILES string of the molecule is CCN(C(=O)c1c(C)oc2ccc(OC)cc12)c1ccccc1. The van der Waals surface area contributed by atoms with Crippen molar-refractivity contribution < 1.29 is 13.9 Å². The average Bonchev–Trinajstić information content (AvgIpc) is 2.91. The van der Waals surface area contributed by atoms with Crippen LogP contribution >= 0.6 is 0 Å². The lowest BCUT2D eigenvalue weighted by Gasteiger charge is -2.21. The normalized spacial score (nSPS) is 10.7. The van der Waals surface area contributed by atoms with Crippen LogP contribution in [0.5, 0.6) is 5.75 Å². The molecular weight excluding hydrogens is 290 g/mol. The molecule has 0 saturated carbocycles. The monoisotopic (exact) mass is 309 g/mol. The molecule has 1 aromatic heterocycles. The molecular formula is C19H19NO3. The second-order valence-electron chi connectivity index (χ2n) is 5.28. The third kappa shape index (κ3) is 2.68. The summed E-state index contributed by atoms with van der Waals surface area (Å²) in [6.07, 6.45) is 0. The summed E-state index contributed by atoms with van der Waals surface area (Å²) in [5, 5.41) is 0.779. The van der Waals surface area contributed by atoms with E-state index in [2.05, 4.69) is 0 Å². The first kappa shape index (κ1) is 15.2. The quantitative estimate of drug-likeness (QED) is 0.716. The van der Waals surface area contributed by atoms with Gasteiger partial charge in [-0.05, 0) is 44.2 Å². The zero-order valence-electron chi connectivity index (χ0n) is 13.5. The number of nitrogens with zero attached hydrogens (tertiary/aromatic N) is 1. The molecule has 0 radical (unpaired) electrons. The molecule has 0 bridgehead atoms. The van der Waals surface area contributed by atoms with Crippen molar-refractivity contribution in [1.29, 1.82) is 0 Å². The van der Waals surface area contributed by atoms with Gasteiger partial charge in [-0.2, -0.15) is 0 Å². The van der Waals surface area contributed by atoms with E-state index in [0.717, 1.165) is 11.1 Å². The van der Waals surface area contributed by atoms with Crippen LogP contribution in [0, 0.1) is 6.92 Å². The number of ether oxygens (including phenoxy) is 1. The van der Waals surface area contributed by atoms with Crippen molar-refractivity contribution >= 4 is 22.6 Å². The van der Waals surface area contributed by atoms with Crippen LogP contribution in [0.2, 0.25) is 0 Å². The van der Waals surface area contributed by atoms with Gasteiger partial charge in [0.1, 0.15) is 17.1 Å². The van der Waals surface area contributed by atoms with Crippen molar-refractivity contribution in [3.05, 3.63) is 59.9 Å². The molecule has 0 N–H and O–H groups in total. The number of fused-ring (bicyclic) bond motifs is 1. The Hall–Kier alpha value is -2.75. The predicted molar refractivity (Wildman–Crippen MR) is 91.3 cm³/mol. The third-order valence-corrected chi connectivity index (χ3v) is 3.91. The number of rotatable bonds is 4. The predicted octanol–water partition coefficient (Wildman–Crippen LogP) is 4.42. The zero-order chi connectivity index (χ0) is 16.4. The van der Waals surface area contributed by atoms with Gasteiger partial charge < -0.3 is 14.1 Å². The summed E-state index contributed by atoms with van der Waals surface area (Å²) in [5.74, 6) is 1.26. The van der Waals surface area contributed by atoms with Crippen LogP contribution in [0.15, 0.2) is 52.9 Å². The molecule has 4 nitrogen and oxygen atoms in total. The summed E-state index contributed by atoms with van der Waals surface area (Å²) >= 11 is 0. The van der Waals surface area contributed by atoms with Crippen molar-refractivity contribution in [2.75, 3.05) is 18.6 Å². The lowest BCUT2D eigenvalue weighted by molar-refractivity contribution is 0.0988. The molecule has 0 fully saturated rings. The fourth-order valence-corrected chi connectivity index (χ4v) is 2.78. The van der Waals surface area contributed by atoms with Gasteiger partial charge in [-0.15, -0.1) is 0 Å². The zero-order valence-corrected chi connectivity index (χ0v) is 13.5. The minimum absolute atomic E-state index is 0.0665. The number of hydrogen-bond donors (Lipinski definition) is 0. The first-order valence-electron chi connectivity index (χ1n) is 7.59. The molecule has 23 heavy (non-hydrogen) atoms. The van der Waals surface area contributed by atoms with Gasteiger partial charge in [0.05, 0.1) is 12.7 Å². The number of furan rings is 1. The molecule has 3 aromatic rings. The summed E-state index contributed by atoms with van der Waals surface area (Å²) in [4.78, 5) is 14.8. The van der Waals surface area contributed by atoms with Gasteiger partial charge in [-0.1, -0.05) is 18.2 Å². The Kier molecular flexibility index (Phi) is 4.06. The molecule has 2 aromatic carbocycles. The third-order valence-electron chi connectivity index (χ3n) is 3.91. The van der Waals surface area contributed by atoms with E-state index in [1.54, 1.807) is 12.0 Å². The van der Waals surface area contributed by atoms with Crippen molar-refractivity contribution in [3.8, 4) is 5.75 Å². The van der Waals surface area contributed by atoms with Gasteiger partial charge in [0, 0.05) is 17.6 Å². The van der Waals surface area contributed by atoms with Crippen molar-refractivity contribution in [2.24, 2.45) is 0 Å². The Morgan fingerprint density at radius 2 is 1.91 bits per heavy atom. The standard InChI is InChI=1S/C19H19NO3/c1-4-20(14-8-6-5-7-9-14)19(21)18-13(2)23-17-11-10-15(22-3)12-16(17)18/h5-12H,4H2,1-3H3. The Labute approximate surface area is 135 Å². The molecule has 0 unspecified atom stereocenters. The smallest absolute Gasteiger partial charge is 0.262 e. The molecule has 1 amide bonds. The minimum Gasteiger partial charge on any atom is -0.497 e. The van der Waals surface area contributed by atoms with Crippen LogP contribution < -0.4 is 9.64 Å². The summed E-state index contributed by atoms with van der Waals surface area (Å²) in [6, 6.07) is 15.1. The first-order chi connectivity index (χ1) is 11.2. The minimum atomic E-state index is -0.0665. The van der Waals surface area contributed by atoms with Gasteiger partial charge in [-0.3, -0.25) is 4.79 Å². The van der Waals surface area contributed by atoms with Gasteiger partial charge >= 0.3 is 0 Å². The number of carbonyl (C=O) groups excluding carboxylic acids is 1. The van der Waals surface area contributed by atoms with Gasteiger partial charge in [0.15, 0.2) is 0 Å². The van der Waals surface area contributed by atoms with E-state index in [-0.39, 0.29) is 5.91 Å². The van der Waals surface area contributed by atoms with E-state index < -0.39 is 0 Å². The highest BCUT2D eigenvalue weighted by atomic mass is 16.5. The number of hydrogen-bond acceptors (Lipinski definition) is 3. The summed E-state index contributed by atoms with van der Waals surface area (Å²) in [7, 11) is 1.61. The largest absolute Gasteiger partial charge is 0.497 e. The van der Waals surface area contributed by atoms with Crippen LogP contribution in [0.1, 0.15) is 23.0 Å². The Balaban J connectivity index is 2.11. The number of amides is 1. The summed E-state index contributed by atoms with van der Waals surface area (Å²) in [6.45, 7) is 4.36. The number of aryl methyl sites for hydroxylation is 1. The van der Waals surface area contributed by atoms with Crippen molar-refractivity contribution in [2.45, 2.75) is 13.8 Å². The highest BCUT2D eigenvalue weighted by molar-refractivity contribution is 6.14. The van der Waals surface area contributed by atoms with Crippen molar-refractivity contribution in [1.82, 2.24) is 0 Å². The fourth-order valence-electron chi connectivity index (χ4n) is 2.78. The maximum atomic E-state index is 13.1. The summed E-state index contributed by atoms with van der Waals surface area (Å²) in [5.41, 5.74) is 2.15. The Bertz CT molecular complexity index is 836. The highest BCUT2D eigenvalue weighted by Crippen LogP contribution is 2.31. The van der Waals surface area contributed by atoms with Gasteiger partial charge in [0.2, 0.25) is 0 Å². The lowest BCUT2D eigenvalue weighted by atomic mass is 10.1. The maximum Gasteiger partial charge on any atom is 0.262 e. The molecule has 0 aliphatic rings.